The first-order valence-electron chi connectivity index (χ1n) is 4.72. The van der Waals surface area contributed by atoms with Crippen molar-refractivity contribution in [3.63, 3.8) is 0 Å². The Labute approximate surface area is 110 Å². The first-order valence-corrected chi connectivity index (χ1v) is 5.80. The number of ether oxygens (including phenoxy) is 2. The molecular formula is C10H9F2IN2O2. The quantitative estimate of drug-likeness (QED) is 0.793. The Balaban J connectivity index is 2.52. The lowest BCUT2D eigenvalue weighted by Gasteiger charge is -2.05. The van der Waals surface area contributed by atoms with Gasteiger partial charge < -0.3 is 9.47 Å². The van der Waals surface area contributed by atoms with E-state index in [0.717, 1.165) is 3.70 Å². The third-order valence-corrected chi connectivity index (χ3v) is 3.26. The van der Waals surface area contributed by atoms with Crippen LogP contribution in [0.25, 0.3) is 5.65 Å². The molecule has 0 fully saturated rings. The summed E-state index contributed by atoms with van der Waals surface area (Å²) < 4.78 is 36.3. The van der Waals surface area contributed by atoms with Gasteiger partial charge in [-0.3, -0.25) is 4.40 Å². The molecule has 0 atom stereocenters. The minimum absolute atomic E-state index is 0.0581. The Morgan fingerprint density at radius 3 is 2.94 bits per heavy atom. The van der Waals surface area contributed by atoms with Gasteiger partial charge in [0, 0.05) is 13.3 Å². The fourth-order valence-electron chi connectivity index (χ4n) is 1.48. The molecule has 4 nitrogen and oxygen atoms in total. The van der Waals surface area contributed by atoms with E-state index in [2.05, 4.69) is 32.3 Å². The van der Waals surface area contributed by atoms with Crippen molar-refractivity contribution in [1.29, 1.82) is 0 Å². The zero-order valence-electron chi connectivity index (χ0n) is 8.86. The molecule has 2 aromatic heterocycles. The second kappa shape index (κ2) is 5.13. The molecule has 2 heterocycles. The van der Waals surface area contributed by atoms with Gasteiger partial charge in [0.15, 0.2) is 11.4 Å². The van der Waals surface area contributed by atoms with Crippen molar-refractivity contribution >= 4 is 28.2 Å². The Morgan fingerprint density at radius 2 is 2.29 bits per heavy atom. The van der Waals surface area contributed by atoms with Crippen LogP contribution in [0.4, 0.5) is 8.78 Å². The summed E-state index contributed by atoms with van der Waals surface area (Å²) in [5.41, 5.74) is 1.06. The van der Waals surface area contributed by atoms with E-state index in [4.69, 9.17) is 4.74 Å². The van der Waals surface area contributed by atoms with Crippen LogP contribution in [0.15, 0.2) is 18.3 Å². The second-order valence-corrected chi connectivity index (χ2v) is 4.25. The lowest BCUT2D eigenvalue weighted by molar-refractivity contribution is -0.0491. The van der Waals surface area contributed by atoms with Gasteiger partial charge in [-0.05, 0) is 34.7 Å². The zero-order chi connectivity index (χ0) is 12.4. The smallest absolute Gasteiger partial charge is 0.387 e. The fraction of sp³-hybridized carbons (Fsp3) is 0.300. The molecule has 0 unspecified atom stereocenters. The fourth-order valence-corrected chi connectivity index (χ4v) is 2.14. The van der Waals surface area contributed by atoms with Gasteiger partial charge in [-0.15, -0.1) is 0 Å². The SMILES string of the molecule is COCc1nc2c(OC(F)F)cccn2c1I. The maximum Gasteiger partial charge on any atom is 0.387 e. The van der Waals surface area contributed by atoms with Crippen LogP contribution in [0.5, 0.6) is 5.75 Å². The average molecular weight is 354 g/mol. The number of pyridine rings is 1. The number of alkyl halides is 2. The van der Waals surface area contributed by atoms with E-state index in [1.165, 1.54) is 6.07 Å². The molecule has 7 heteroatoms. The maximum atomic E-state index is 12.2. The van der Waals surface area contributed by atoms with E-state index in [1.54, 1.807) is 23.8 Å². The minimum Gasteiger partial charge on any atom is -0.431 e. The number of nitrogens with zero attached hydrogens (tertiary/aromatic N) is 2. The topological polar surface area (TPSA) is 35.8 Å². The van der Waals surface area contributed by atoms with Gasteiger partial charge in [-0.1, -0.05) is 0 Å². The number of rotatable bonds is 4. The molecule has 0 amide bonds. The van der Waals surface area contributed by atoms with Crippen molar-refractivity contribution in [3.05, 3.63) is 27.7 Å². The standard InChI is InChI=1S/C10H9F2IN2O2/c1-16-5-6-8(13)15-4-2-3-7(9(15)14-6)17-10(11)12/h2-4,10H,5H2,1H3. The normalized spacial score (nSPS) is 11.4. The molecule has 0 aromatic carbocycles. The lowest BCUT2D eigenvalue weighted by atomic mass is 10.4. The number of imidazole rings is 1. The maximum absolute atomic E-state index is 12.2. The number of hydrogen-bond acceptors (Lipinski definition) is 3. The number of halogens is 3. The first kappa shape index (κ1) is 12.5. The molecule has 0 N–H and O–H groups in total. The highest BCUT2D eigenvalue weighted by molar-refractivity contribution is 14.1. The summed E-state index contributed by atoms with van der Waals surface area (Å²) in [6, 6.07) is 3.09. The van der Waals surface area contributed by atoms with Gasteiger partial charge in [0.2, 0.25) is 0 Å². The van der Waals surface area contributed by atoms with Crippen molar-refractivity contribution in [1.82, 2.24) is 9.38 Å². The van der Waals surface area contributed by atoms with Crippen molar-refractivity contribution in [2.75, 3.05) is 7.11 Å². The van der Waals surface area contributed by atoms with Crippen LogP contribution >= 0.6 is 22.6 Å². The summed E-state index contributed by atoms with van der Waals surface area (Å²) in [4.78, 5) is 4.23. The van der Waals surface area contributed by atoms with Crippen molar-refractivity contribution in [3.8, 4) is 5.75 Å². The molecule has 0 aliphatic carbocycles. The van der Waals surface area contributed by atoms with E-state index in [0.29, 0.717) is 17.9 Å². The van der Waals surface area contributed by atoms with Crippen LogP contribution in [0, 0.1) is 3.70 Å². The number of hydrogen-bond donors (Lipinski definition) is 0. The van der Waals surface area contributed by atoms with Gasteiger partial charge >= 0.3 is 6.61 Å². The van der Waals surface area contributed by atoms with Crippen LogP contribution in [0.1, 0.15) is 5.69 Å². The predicted molar refractivity (Wildman–Crippen MR) is 65.3 cm³/mol. The summed E-state index contributed by atoms with van der Waals surface area (Å²) in [5, 5.41) is 0. The number of fused-ring (bicyclic) bond motifs is 1. The Bertz CT molecular complexity index is 530. The molecule has 2 aromatic rings. The van der Waals surface area contributed by atoms with E-state index in [9.17, 15) is 8.78 Å². The largest absolute Gasteiger partial charge is 0.431 e. The Hall–Kier alpha value is -0.960. The van der Waals surface area contributed by atoms with Crippen LogP contribution in [-0.4, -0.2) is 23.1 Å². The van der Waals surface area contributed by atoms with E-state index >= 15 is 0 Å². The van der Waals surface area contributed by atoms with Crippen LogP contribution < -0.4 is 4.74 Å². The van der Waals surface area contributed by atoms with Gasteiger partial charge in [0.1, 0.15) is 3.70 Å². The molecule has 17 heavy (non-hydrogen) atoms. The molecule has 0 aliphatic heterocycles. The van der Waals surface area contributed by atoms with Gasteiger partial charge in [0.05, 0.1) is 12.3 Å². The molecule has 92 valence electrons. The van der Waals surface area contributed by atoms with Crippen molar-refractivity contribution < 1.29 is 18.3 Å². The first-order chi connectivity index (χ1) is 8.13. The molecule has 0 saturated heterocycles. The summed E-state index contributed by atoms with van der Waals surface area (Å²) >= 11 is 2.08. The average Bonchev–Trinajstić information content (AvgIpc) is 2.58. The molecule has 0 radical (unpaired) electrons. The summed E-state index contributed by atoms with van der Waals surface area (Å²) in [6.45, 7) is -2.53. The highest BCUT2D eigenvalue weighted by Crippen LogP contribution is 2.24. The third-order valence-electron chi connectivity index (χ3n) is 2.12. The molecule has 0 saturated carbocycles. The van der Waals surface area contributed by atoms with Gasteiger partial charge in [-0.2, -0.15) is 8.78 Å². The molecule has 0 bridgehead atoms. The van der Waals surface area contributed by atoms with Gasteiger partial charge in [-0.25, -0.2) is 4.98 Å². The minimum atomic E-state index is -2.86. The molecular weight excluding hydrogens is 345 g/mol. The number of methoxy groups -OCH3 is 1. The zero-order valence-corrected chi connectivity index (χ0v) is 11.0. The Kier molecular flexibility index (Phi) is 3.77. The van der Waals surface area contributed by atoms with Crippen LogP contribution in [-0.2, 0) is 11.3 Å². The predicted octanol–water partition coefficient (Wildman–Crippen LogP) is 2.69. The van der Waals surface area contributed by atoms with Crippen molar-refractivity contribution in [2.24, 2.45) is 0 Å². The van der Waals surface area contributed by atoms with E-state index in [1.807, 2.05) is 0 Å². The molecule has 2 rings (SSSR count). The summed E-state index contributed by atoms with van der Waals surface area (Å²) in [7, 11) is 1.55. The Morgan fingerprint density at radius 1 is 1.53 bits per heavy atom. The summed E-state index contributed by atoms with van der Waals surface area (Å²) in [6.07, 6.45) is 1.74. The lowest BCUT2D eigenvalue weighted by Crippen LogP contribution is -2.03. The summed E-state index contributed by atoms with van der Waals surface area (Å²) in [5.74, 6) is 0.0581. The van der Waals surface area contributed by atoms with E-state index in [-0.39, 0.29) is 5.75 Å². The molecule has 0 spiro atoms. The highest BCUT2D eigenvalue weighted by Gasteiger charge is 2.15. The monoisotopic (exact) mass is 354 g/mol. The highest BCUT2D eigenvalue weighted by atomic mass is 127. The molecule has 0 aliphatic rings. The van der Waals surface area contributed by atoms with Crippen LogP contribution in [0.3, 0.4) is 0 Å². The van der Waals surface area contributed by atoms with E-state index < -0.39 is 6.61 Å². The number of aromatic nitrogens is 2. The second-order valence-electron chi connectivity index (χ2n) is 3.23. The van der Waals surface area contributed by atoms with Crippen LogP contribution in [0.2, 0.25) is 0 Å². The third kappa shape index (κ3) is 2.49. The van der Waals surface area contributed by atoms with Gasteiger partial charge in [0.25, 0.3) is 0 Å². The van der Waals surface area contributed by atoms with Crippen molar-refractivity contribution in [2.45, 2.75) is 13.2 Å².